The summed E-state index contributed by atoms with van der Waals surface area (Å²) in [6.45, 7) is 2.05. The Bertz CT molecular complexity index is 422. The highest BCUT2D eigenvalue weighted by Gasteiger charge is 2.08. The van der Waals surface area contributed by atoms with Crippen LogP contribution in [0, 0.1) is 0 Å². The van der Waals surface area contributed by atoms with Gasteiger partial charge in [-0.3, -0.25) is 4.57 Å². The molecule has 0 aliphatic carbocycles. The van der Waals surface area contributed by atoms with Gasteiger partial charge in [0.25, 0.3) is 0 Å². The molecule has 0 amide bonds. The molecule has 0 radical (unpaired) electrons. The summed E-state index contributed by atoms with van der Waals surface area (Å²) in [5.74, 6) is 0.932. The van der Waals surface area contributed by atoms with Gasteiger partial charge in [-0.05, 0) is 12.1 Å². The number of aromatic nitrogens is 3. The van der Waals surface area contributed by atoms with E-state index >= 15 is 0 Å². The minimum absolute atomic E-state index is 0.632. The third-order valence-electron chi connectivity index (χ3n) is 2.04. The molecule has 2 aromatic rings. The highest BCUT2D eigenvalue weighted by molar-refractivity contribution is 7.80. The van der Waals surface area contributed by atoms with Crippen molar-refractivity contribution in [3.63, 3.8) is 0 Å². The topological polar surface area (TPSA) is 30.7 Å². The molecule has 72 valence electrons. The first-order valence-electron chi connectivity index (χ1n) is 4.51. The summed E-state index contributed by atoms with van der Waals surface area (Å²) in [6.07, 6.45) is 0.850. The summed E-state index contributed by atoms with van der Waals surface area (Å²) in [5, 5.41) is 8.62. The van der Waals surface area contributed by atoms with Gasteiger partial charge >= 0.3 is 0 Å². The standard InChI is InChI=1S/C10H11N3S/c1-2-9-11-12-10(14)13(9)8-6-4-3-5-7-8/h3-7H,2H2,1H3,(H,12,14). The van der Waals surface area contributed by atoms with Crippen molar-refractivity contribution in [1.82, 2.24) is 14.8 Å². The number of aryl methyl sites for hydroxylation is 1. The van der Waals surface area contributed by atoms with Crippen LogP contribution in [-0.2, 0) is 6.42 Å². The Balaban J connectivity index is 2.55. The number of nitrogens with zero attached hydrogens (tertiary/aromatic N) is 3. The second-order valence-corrected chi connectivity index (χ2v) is 3.34. The van der Waals surface area contributed by atoms with Gasteiger partial charge in [0.2, 0.25) is 0 Å². The van der Waals surface area contributed by atoms with E-state index in [1.54, 1.807) is 0 Å². The summed E-state index contributed by atoms with van der Waals surface area (Å²) >= 11 is 4.27. The lowest BCUT2D eigenvalue weighted by atomic mass is 10.3. The second kappa shape index (κ2) is 3.84. The van der Waals surface area contributed by atoms with Crippen molar-refractivity contribution in [2.45, 2.75) is 18.5 Å². The molecule has 0 bridgehead atoms. The van der Waals surface area contributed by atoms with E-state index in [4.69, 9.17) is 0 Å². The maximum Gasteiger partial charge on any atom is 0.192 e. The molecule has 0 fully saturated rings. The van der Waals surface area contributed by atoms with Gasteiger partial charge in [0.1, 0.15) is 5.82 Å². The summed E-state index contributed by atoms with van der Waals surface area (Å²) < 4.78 is 1.95. The Morgan fingerprint density at radius 3 is 2.57 bits per heavy atom. The highest BCUT2D eigenvalue weighted by atomic mass is 32.1. The first kappa shape index (κ1) is 9.27. The molecule has 0 aliphatic rings. The van der Waals surface area contributed by atoms with Gasteiger partial charge in [0, 0.05) is 12.1 Å². The predicted octanol–water partition coefficient (Wildman–Crippen LogP) is 2.12. The zero-order chi connectivity index (χ0) is 9.97. The van der Waals surface area contributed by atoms with Crippen molar-refractivity contribution in [1.29, 1.82) is 0 Å². The van der Waals surface area contributed by atoms with Crippen molar-refractivity contribution >= 4 is 12.6 Å². The summed E-state index contributed by atoms with van der Waals surface area (Å²) in [6, 6.07) is 9.99. The SMILES string of the molecule is CCc1nnc(S)n1-c1ccccc1. The molecule has 0 saturated heterocycles. The van der Waals surface area contributed by atoms with Crippen LogP contribution in [0.4, 0.5) is 0 Å². The van der Waals surface area contributed by atoms with Crippen molar-refractivity contribution in [2.24, 2.45) is 0 Å². The van der Waals surface area contributed by atoms with E-state index in [9.17, 15) is 0 Å². The fourth-order valence-corrected chi connectivity index (χ4v) is 1.65. The number of rotatable bonds is 2. The van der Waals surface area contributed by atoms with Crippen LogP contribution < -0.4 is 0 Å². The Hall–Kier alpha value is -1.29. The van der Waals surface area contributed by atoms with Crippen LogP contribution in [0.3, 0.4) is 0 Å². The van der Waals surface area contributed by atoms with E-state index in [1.165, 1.54) is 0 Å². The van der Waals surface area contributed by atoms with Gasteiger partial charge < -0.3 is 0 Å². The van der Waals surface area contributed by atoms with E-state index in [0.29, 0.717) is 5.16 Å². The van der Waals surface area contributed by atoms with Gasteiger partial charge in [-0.1, -0.05) is 25.1 Å². The van der Waals surface area contributed by atoms with Gasteiger partial charge in [0.05, 0.1) is 0 Å². The van der Waals surface area contributed by atoms with Crippen LogP contribution in [0.25, 0.3) is 5.69 Å². The third kappa shape index (κ3) is 1.53. The molecular weight excluding hydrogens is 194 g/mol. The van der Waals surface area contributed by atoms with E-state index in [2.05, 4.69) is 29.7 Å². The molecule has 1 aromatic carbocycles. The zero-order valence-electron chi connectivity index (χ0n) is 7.88. The minimum atomic E-state index is 0.632. The normalized spacial score (nSPS) is 10.4. The maximum absolute atomic E-state index is 4.27. The average Bonchev–Trinajstić information content (AvgIpc) is 2.61. The molecule has 0 unspecified atom stereocenters. The lowest BCUT2D eigenvalue weighted by molar-refractivity contribution is 0.840. The molecule has 4 heteroatoms. The third-order valence-corrected chi connectivity index (χ3v) is 2.33. The fraction of sp³-hybridized carbons (Fsp3) is 0.200. The quantitative estimate of drug-likeness (QED) is 0.761. The van der Waals surface area contributed by atoms with Crippen LogP contribution in [0.2, 0.25) is 0 Å². The lowest BCUT2D eigenvalue weighted by Crippen LogP contribution is -2.00. The lowest BCUT2D eigenvalue weighted by Gasteiger charge is -2.05. The fourth-order valence-electron chi connectivity index (χ4n) is 1.38. The number of benzene rings is 1. The molecule has 2 rings (SSSR count). The number of para-hydroxylation sites is 1. The Labute approximate surface area is 88.2 Å². The highest BCUT2D eigenvalue weighted by Crippen LogP contribution is 2.15. The van der Waals surface area contributed by atoms with Crippen LogP contribution >= 0.6 is 12.6 Å². The first-order chi connectivity index (χ1) is 6.83. The maximum atomic E-state index is 4.27. The first-order valence-corrected chi connectivity index (χ1v) is 4.96. The molecule has 0 atom stereocenters. The van der Waals surface area contributed by atoms with Crippen LogP contribution in [0.1, 0.15) is 12.7 Å². The molecule has 1 heterocycles. The van der Waals surface area contributed by atoms with E-state index < -0.39 is 0 Å². The number of hydrogen-bond acceptors (Lipinski definition) is 3. The monoisotopic (exact) mass is 205 g/mol. The second-order valence-electron chi connectivity index (χ2n) is 2.94. The van der Waals surface area contributed by atoms with Gasteiger partial charge in [-0.25, -0.2) is 0 Å². The predicted molar refractivity (Wildman–Crippen MR) is 58.0 cm³/mol. The number of hydrogen-bond donors (Lipinski definition) is 1. The zero-order valence-corrected chi connectivity index (χ0v) is 8.78. The van der Waals surface area contributed by atoms with E-state index in [-0.39, 0.29) is 0 Å². The smallest absolute Gasteiger partial charge is 0.192 e. The molecule has 0 spiro atoms. The largest absolute Gasteiger partial charge is 0.274 e. The van der Waals surface area contributed by atoms with Crippen LogP contribution in [-0.4, -0.2) is 14.8 Å². The van der Waals surface area contributed by atoms with Gasteiger partial charge in [-0.2, -0.15) is 0 Å². The van der Waals surface area contributed by atoms with E-state index in [0.717, 1.165) is 17.9 Å². The summed E-state index contributed by atoms with van der Waals surface area (Å²) in [7, 11) is 0. The minimum Gasteiger partial charge on any atom is -0.274 e. The Kier molecular flexibility index (Phi) is 2.54. The van der Waals surface area contributed by atoms with Crippen molar-refractivity contribution in [3.8, 4) is 5.69 Å². The molecule has 14 heavy (non-hydrogen) atoms. The van der Waals surface area contributed by atoms with Crippen molar-refractivity contribution < 1.29 is 0 Å². The molecule has 1 aromatic heterocycles. The Morgan fingerprint density at radius 1 is 1.21 bits per heavy atom. The van der Waals surface area contributed by atoms with Crippen LogP contribution in [0.5, 0.6) is 0 Å². The van der Waals surface area contributed by atoms with Crippen LogP contribution in [0.15, 0.2) is 35.5 Å². The van der Waals surface area contributed by atoms with Gasteiger partial charge in [-0.15, -0.1) is 22.8 Å². The van der Waals surface area contributed by atoms with E-state index in [1.807, 2.05) is 34.9 Å². The molecule has 0 aliphatic heterocycles. The number of thiol groups is 1. The van der Waals surface area contributed by atoms with Gasteiger partial charge in [0.15, 0.2) is 5.16 Å². The molecular formula is C10H11N3S. The molecule has 3 nitrogen and oxygen atoms in total. The van der Waals surface area contributed by atoms with Crippen molar-refractivity contribution in [2.75, 3.05) is 0 Å². The summed E-state index contributed by atoms with van der Waals surface area (Å²) in [5.41, 5.74) is 1.05. The van der Waals surface area contributed by atoms with Crippen molar-refractivity contribution in [3.05, 3.63) is 36.2 Å². The molecule has 0 N–H and O–H groups in total. The summed E-state index contributed by atoms with van der Waals surface area (Å²) in [4.78, 5) is 0. The average molecular weight is 205 g/mol. The Morgan fingerprint density at radius 2 is 1.93 bits per heavy atom. The molecule has 0 saturated carbocycles.